The summed E-state index contributed by atoms with van der Waals surface area (Å²) < 4.78 is 43.5. The Bertz CT molecular complexity index is 1370. The van der Waals surface area contributed by atoms with Crippen molar-refractivity contribution in [1.82, 2.24) is 24.7 Å². The van der Waals surface area contributed by atoms with Crippen LogP contribution >= 0.6 is 0 Å². The third-order valence-corrected chi connectivity index (χ3v) is 6.26. The van der Waals surface area contributed by atoms with Gasteiger partial charge in [-0.1, -0.05) is 46.1 Å². The number of anilines is 2. The average Bonchev–Trinajstić information content (AvgIpc) is 3.37. The first-order chi connectivity index (χ1) is 21.5. The van der Waals surface area contributed by atoms with Gasteiger partial charge in [-0.15, -0.1) is 0 Å². The zero-order valence-corrected chi connectivity index (χ0v) is 27.4. The molecule has 13 heteroatoms. The molecule has 0 amide bonds. The molecule has 1 aliphatic heterocycles. The van der Waals surface area contributed by atoms with Crippen molar-refractivity contribution < 1.29 is 28.1 Å². The highest BCUT2D eigenvalue weighted by molar-refractivity contribution is 6.18. The van der Waals surface area contributed by atoms with E-state index in [0.29, 0.717) is 59.9 Å². The Hall–Kier alpha value is -4.13. The first-order valence-electron chi connectivity index (χ1n) is 15.3. The molecular formula is C32H47F2N7O4. The number of halogens is 2. The van der Waals surface area contributed by atoms with E-state index in [0.717, 1.165) is 12.8 Å². The second-order valence-electron chi connectivity index (χ2n) is 10.5. The molecule has 0 atom stereocenters. The van der Waals surface area contributed by atoms with Crippen molar-refractivity contribution in [2.45, 2.75) is 85.7 Å². The van der Waals surface area contributed by atoms with Crippen molar-refractivity contribution in [1.29, 1.82) is 5.41 Å². The number of allylic oxidation sites excluding steroid dienone is 1. The summed E-state index contributed by atoms with van der Waals surface area (Å²) in [5, 5.41) is 24.7. The van der Waals surface area contributed by atoms with Gasteiger partial charge >= 0.3 is 0 Å². The number of nitrogens with zero attached hydrogens (tertiary/aromatic N) is 5. The van der Waals surface area contributed by atoms with Crippen molar-refractivity contribution in [3.63, 3.8) is 0 Å². The van der Waals surface area contributed by atoms with Gasteiger partial charge in [-0.3, -0.25) is 5.41 Å². The highest BCUT2D eigenvalue weighted by Gasteiger charge is 2.20. The predicted molar refractivity (Wildman–Crippen MR) is 172 cm³/mol. The second-order valence-corrected chi connectivity index (χ2v) is 10.5. The summed E-state index contributed by atoms with van der Waals surface area (Å²) in [6.45, 7) is 11.4. The molecule has 1 aliphatic rings. The van der Waals surface area contributed by atoms with Crippen molar-refractivity contribution >= 4 is 23.1 Å². The van der Waals surface area contributed by atoms with E-state index in [1.54, 1.807) is 49.3 Å². The number of aryl methyl sites for hydroxylation is 1. The topological polar surface area (TPSA) is 140 Å². The van der Waals surface area contributed by atoms with Gasteiger partial charge in [-0.05, 0) is 33.3 Å². The van der Waals surface area contributed by atoms with Gasteiger partial charge in [0.1, 0.15) is 22.9 Å². The highest BCUT2D eigenvalue weighted by Crippen LogP contribution is 2.32. The molecule has 45 heavy (non-hydrogen) atoms. The number of nitrogens with one attached hydrogen (secondary N) is 2. The summed E-state index contributed by atoms with van der Waals surface area (Å²) >= 11 is 0. The number of alkyl halides is 2. The van der Waals surface area contributed by atoms with Gasteiger partial charge in [0.15, 0.2) is 12.4 Å². The molecule has 0 radical (unpaired) electrons. The molecule has 0 saturated heterocycles. The summed E-state index contributed by atoms with van der Waals surface area (Å²) in [5.41, 5.74) is 0.941. The molecular weight excluding hydrogens is 584 g/mol. The Morgan fingerprint density at radius 2 is 1.91 bits per heavy atom. The number of hydrogen-bond donors (Lipinski definition) is 3. The van der Waals surface area contributed by atoms with Crippen LogP contribution in [0.1, 0.15) is 79.2 Å². The molecule has 3 N–H and O–H groups in total. The molecule has 0 aliphatic carbocycles. The third-order valence-electron chi connectivity index (χ3n) is 6.26. The standard InChI is InChI=1S/C22H23F2N7O3.C8H18O.C2H6/c1-3-13(20(25)34-12-17(23)24)14-10-27-19-9-16(14)32-7-4-8-33-22-15(11-28-31(22)2)21-26-6-5-18(29-19)30-21;1-4-5-6-7-8(2,3)9;1-2/h3,5-6,9-11,17,25H,4,7-8,12H2,1-2H3,(H,26,27,29,30);9H,4-7H2,1-3H3;1-2H3/b13-3-,25-20?;;. The minimum Gasteiger partial charge on any atom is -0.493 e. The summed E-state index contributed by atoms with van der Waals surface area (Å²) in [5.74, 6) is 1.92. The molecule has 0 fully saturated rings. The number of aliphatic hydroxyl groups is 1. The molecule has 0 spiro atoms. The highest BCUT2D eigenvalue weighted by atomic mass is 19.3. The number of hydrogen-bond acceptors (Lipinski definition) is 10. The maximum absolute atomic E-state index is 12.6. The zero-order valence-electron chi connectivity index (χ0n) is 27.4. The molecule has 3 aromatic heterocycles. The third kappa shape index (κ3) is 12.1. The van der Waals surface area contributed by atoms with E-state index in [9.17, 15) is 13.9 Å². The Kier molecular flexibility index (Phi) is 15.3. The van der Waals surface area contributed by atoms with Gasteiger partial charge in [0, 0.05) is 43.1 Å². The summed E-state index contributed by atoms with van der Waals surface area (Å²) in [6.07, 6.45) is 8.75. The Morgan fingerprint density at radius 3 is 2.58 bits per heavy atom. The van der Waals surface area contributed by atoms with Gasteiger partial charge < -0.3 is 24.6 Å². The second kappa shape index (κ2) is 18.6. The summed E-state index contributed by atoms with van der Waals surface area (Å²) in [4.78, 5) is 13.3. The van der Waals surface area contributed by atoms with E-state index >= 15 is 0 Å². The lowest BCUT2D eigenvalue weighted by Crippen LogP contribution is -2.17. The van der Waals surface area contributed by atoms with Crippen LogP contribution in [0.4, 0.5) is 20.4 Å². The van der Waals surface area contributed by atoms with Crippen LogP contribution in [0, 0.1) is 5.41 Å². The molecule has 0 unspecified atom stereocenters. The maximum atomic E-state index is 12.6. The van der Waals surface area contributed by atoms with Gasteiger partial charge in [0.2, 0.25) is 11.8 Å². The monoisotopic (exact) mass is 631 g/mol. The Morgan fingerprint density at radius 1 is 1.18 bits per heavy atom. The van der Waals surface area contributed by atoms with Crippen molar-refractivity contribution in [2.75, 3.05) is 25.1 Å². The number of ether oxygens (including phenoxy) is 3. The van der Waals surface area contributed by atoms with Crippen LogP contribution in [0.2, 0.25) is 0 Å². The quantitative estimate of drug-likeness (QED) is 0.134. The number of unbranched alkanes of at least 4 members (excludes halogenated alkanes) is 2. The van der Waals surface area contributed by atoms with Crippen LogP contribution in [-0.4, -0.2) is 67.6 Å². The zero-order chi connectivity index (χ0) is 33.4. The molecule has 4 rings (SSSR count). The molecule has 3 aromatic rings. The van der Waals surface area contributed by atoms with Gasteiger partial charge in [-0.2, -0.15) is 5.10 Å². The van der Waals surface area contributed by atoms with Gasteiger partial charge in [-0.25, -0.2) is 28.4 Å². The van der Waals surface area contributed by atoms with Crippen LogP contribution in [0.3, 0.4) is 0 Å². The van der Waals surface area contributed by atoms with Crippen molar-refractivity contribution in [3.8, 4) is 23.0 Å². The molecule has 0 saturated carbocycles. The van der Waals surface area contributed by atoms with Crippen LogP contribution in [-0.2, 0) is 11.8 Å². The number of fused-ring (bicyclic) bond motifs is 6. The largest absolute Gasteiger partial charge is 0.493 e. The van der Waals surface area contributed by atoms with E-state index in [1.807, 2.05) is 27.7 Å². The van der Waals surface area contributed by atoms with Crippen molar-refractivity contribution in [3.05, 3.63) is 42.4 Å². The first kappa shape index (κ1) is 37.1. The van der Waals surface area contributed by atoms with E-state index < -0.39 is 24.5 Å². The van der Waals surface area contributed by atoms with Gasteiger partial charge in [0.25, 0.3) is 6.43 Å². The summed E-state index contributed by atoms with van der Waals surface area (Å²) in [7, 11) is 1.77. The Balaban J connectivity index is 0.000000553. The number of pyridine rings is 1. The van der Waals surface area contributed by atoms with E-state index in [2.05, 4.69) is 32.3 Å². The van der Waals surface area contributed by atoms with Crippen LogP contribution in [0.5, 0.6) is 11.6 Å². The lowest BCUT2D eigenvalue weighted by molar-refractivity contribution is 0.0682. The molecule has 4 heterocycles. The Labute approximate surface area is 264 Å². The fourth-order valence-electron chi connectivity index (χ4n) is 4.12. The van der Waals surface area contributed by atoms with Crippen LogP contribution < -0.4 is 14.8 Å². The number of rotatable bonds is 8. The SMILES string of the molecule is C/C=C(\C(=N)OCC(F)F)c1cnc2cc1OCCCOc1c(cnn1C)-c1nccc(n1)N2.CC.CCCCCC(C)(C)O. The van der Waals surface area contributed by atoms with Crippen molar-refractivity contribution in [2.24, 2.45) is 7.05 Å². The average molecular weight is 632 g/mol. The predicted octanol–water partition coefficient (Wildman–Crippen LogP) is 7.20. The fraction of sp³-hybridized carbons (Fsp3) is 0.531. The van der Waals surface area contributed by atoms with Crippen LogP contribution in [0.15, 0.2) is 36.8 Å². The van der Waals surface area contributed by atoms with E-state index in [-0.39, 0.29) is 5.57 Å². The fourth-order valence-corrected chi connectivity index (χ4v) is 4.12. The van der Waals surface area contributed by atoms with Gasteiger partial charge in [0.05, 0.1) is 25.0 Å². The first-order valence-corrected chi connectivity index (χ1v) is 15.3. The van der Waals surface area contributed by atoms with E-state index in [1.165, 1.54) is 19.0 Å². The van der Waals surface area contributed by atoms with Crippen LogP contribution in [0.25, 0.3) is 17.0 Å². The molecule has 248 valence electrons. The minimum absolute atomic E-state index is 0.288. The van der Waals surface area contributed by atoms with E-state index in [4.69, 9.17) is 19.6 Å². The molecule has 0 aromatic carbocycles. The normalized spacial score (nSPS) is 12.9. The minimum atomic E-state index is -2.69. The summed E-state index contributed by atoms with van der Waals surface area (Å²) in [6, 6.07) is 3.34. The molecule has 4 bridgehead atoms. The molecule has 11 nitrogen and oxygen atoms in total. The smallest absolute Gasteiger partial charge is 0.272 e. The maximum Gasteiger partial charge on any atom is 0.272 e. The lowest BCUT2D eigenvalue weighted by atomic mass is 10.0. The number of aromatic nitrogens is 5. The lowest BCUT2D eigenvalue weighted by Gasteiger charge is -2.17.